The maximum atomic E-state index is 14.1. The minimum absolute atomic E-state index is 0.0509. The van der Waals surface area contributed by atoms with Gasteiger partial charge in [-0.05, 0) is 30.7 Å². The number of nitrogens with zero attached hydrogens (tertiary/aromatic N) is 5. The molecule has 1 aliphatic rings. The third-order valence-electron chi connectivity index (χ3n) is 5.87. The molecule has 0 spiro atoms. The number of anilines is 3. The Balaban J connectivity index is 1.45. The molecule has 35 heavy (non-hydrogen) atoms. The lowest BCUT2D eigenvalue weighted by Crippen LogP contribution is -2.28. The summed E-state index contributed by atoms with van der Waals surface area (Å²) in [5.41, 5.74) is 3.68. The summed E-state index contributed by atoms with van der Waals surface area (Å²) in [5, 5.41) is 15.3. The van der Waals surface area contributed by atoms with E-state index in [1.165, 1.54) is 12.3 Å². The van der Waals surface area contributed by atoms with Crippen molar-refractivity contribution in [1.29, 1.82) is 0 Å². The van der Waals surface area contributed by atoms with Crippen molar-refractivity contribution in [2.24, 2.45) is 0 Å². The molecule has 0 unspecified atom stereocenters. The Morgan fingerprint density at radius 2 is 2.03 bits per heavy atom. The Hall–Kier alpha value is -4.12. The molecule has 5 rings (SSSR count). The van der Waals surface area contributed by atoms with Gasteiger partial charge in [0.05, 0.1) is 60.2 Å². The molecular weight excluding hydrogens is 456 g/mol. The molecule has 0 aliphatic carbocycles. The van der Waals surface area contributed by atoms with Gasteiger partial charge in [-0.25, -0.2) is 14.4 Å². The Morgan fingerprint density at radius 1 is 1.14 bits per heavy atom. The minimum atomic E-state index is -0.445. The van der Waals surface area contributed by atoms with Gasteiger partial charge in [-0.2, -0.15) is 0 Å². The van der Waals surface area contributed by atoms with Crippen LogP contribution in [0.15, 0.2) is 49.1 Å². The first kappa shape index (κ1) is 22.7. The first-order valence-electron chi connectivity index (χ1n) is 11.2. The highest BCUT2D eigenvalue weighted by molar-refractivity contribution is 6.05. The van der Waals surface area contributed by atoms with Gasteiger partial charge in [-0.1, -0.05) is 0 Å². The van der Waals surface area contributed by atoms with Crippen LogP contribution in [0.1, 0.15) is 22.3 Å². The Labute approximate surface area is 199 Å². The van der Waals surface area contributed by atoms with Gasteiger partial charge in [0.15, 0.2) is 11.5 Å². The van der Waals surface area contributed by atoms with Gasteiger partial charge in [-0.15, -0.1) is 0 Å². The van der Waals surface area contributed by atoms with Crippen LogP contribution in [0.25, 0.3) is 17.0 Å². The Morgan fingerprint density at radius 3 is 2.80 bits per heavy atom. The monoisotopic (exact) mass is 479 g/mol. The number of alkyl halides is 1. The molecule has 3 N–H and O–H groups in total. The van der Waals surface area contributed by atoms with Gasteiger partial charge in [0.1, 0.15) is 5.82 Å². The molecule has 5 heterocycles. The van der Waals surface area contributed by atoms with Crippen LogP contribution in [0.5, 0.6) is 0 Å². The predicted molar refractivity (Wildman–Crippen MR) is 127 cm³/mol. The van der Waals surface area contributed by atoms with Crippen LogP contribution in [-0.4, -0.2) is 56.7 Å². The van der Waals surface area contributed by atoms with Gasteiger partial charge in [-0.3, -0.25) is 18.6 Å². The molecular formula is C24H23F2N7O2. The number of fused-ring (bicyclic) bond motifs is 2. The van der Waals surface area contributed by atoms with E-state index in [0.717, 1.165) is 5.69 Å². The topological polar surface area (TPSA) is 108 Å². The molecule has 1 amide bonds. The second-order valence-corrected chi connectivity index (χ2v) is 8.03. The molecule has 0 bridgehead atoms. The second-order valence-electron chi connectivity index (χ2n) is 8.03. The zero-order valence-electron chi connectivity index (χ0n) is 18.7. The molecule has 0 fully saturated rings. The highest BCUT2D eigenvalue weighted by atomic mass is 19.1. The number of aliphatic hydroxyl groups excluding tert-OH is 1. The van der Waals surface area contributed by atoms with Crippen LogP contribution in [0.2, 0.25) is 0 Å². The lowest BCUT2D eigenvalue weighted by Gasteiger charge is -2.23. The van der Waals surface area contributed by atoms with Gasteiger partial charge < -0.3 is 20.6 Å². The molecule has 4 aromatic heterocycles. The van der Waals surface area contributed by atoms with E-state index in [-0.39, 0.29) is 24.7 Å². The summed E-state index contributed by atoms with van der Waals surface area (Å²) < 4.78 is 28.3. The third kappa shape index (κ3) is 4.26. The highest BCUT2D eigenvalue weighted by Crippen LogP contribution is 2.33. The lowest BCUT2D eigenvalue weighted by atomic mass is 10.1. The molecule has 9 nitrogen and oxygen atoms in total. The molecule has 4 aromatic rings. The summed E-state index contributed by atoms with van der Waals surface area (Å²) in [4.78, 5) is 27.7. The summed E-state index contributed by atoms with van der Waals surface area (Å²) in [5.74, 6) is -0.195. The smallest absolute Gasteiger partial charge is 0.254 e. The number of pyridine rings is 3. The molecule has 0 radical (unpaired) electrons. The van der Waals surface area contributed by atoms with Gasteiger partial charge in [0, 0.05) is 31.4 Å². The van der Waals surface area contributed by atoms with Gasteiger partial charge in [0.2, 0.25) is 0 Å². The van der Waals surface area contributed by atoms with Crippen molar-refractivity contribution in [1.82, 2.24) is 24.7 Å². The summed E-state index contributed by atoms with van der Waals surface area (Å²) >= 11 is 0. The summed E-state index contributed by atoms with van der Waals surface area (Å²) in [6.45, 7) is 0.643. The van der Waals surface area contributed by atoms with E-state index in [2.05, 4.69) is 25.6 Å². The number of nitrogens with one attached hydrogen (secondary N) is 2. The number of imidazole rings is 1. The van der Waals surface area contributed by atoms with Crippen molar-refractivity contribution in [2.75, 3.05) is 36.6 Å². The van der Waals surface area contributed by atoms with Gasteiger partial charge >= 0.3 is 0 Å². The maximum Gasteiger partial charge on any atom is 0.254 e. The summed E-state index contributed by atoms with van der Waals surface area (Å²) in [6.07, 6.45) is 6.78. The Kier molecular flexibility index (Phi) is 6.23. The van der Waals surface area contributed by atoms with Crippen LogP contribution >= 0.6 is 0 Å². The third-order valence-corrected chi connectivity index (χ3v) is 5.87. The predicted octanol–water partition coefficient (Wildman–Crippen LogP) is 3.08. The maximum absolute atomic E-state index is 14.1. The van der Waals surface area contributed by atoms with Crippen LogP contribution in [-0.2, 0) is 6.54 Å². The minimum Gasteiger partial charge on any atom is -0.395 e. The fourth-order valence-corrected chi connectivity index (χ4v) is 4.23. The van der Waals surface area contributed by atoms with Crippen molar-refractivity contribution in [3.63, 3.8) is 0 Å². The number of halogens is 2. The number of aliphatic hydroxyl groups is 1. The first-order valence-corrected chi connectivity index (χ1v) is 11.2. The highest BCUT2D eigenvalue weighted by Gasteiger charge is 2.28. The summed E-state index contributed by atoms with van der Waals surface area (Å²) in [7, 11) is 0. The van der Waals surface area contributed by atoms with E-state index in [1.54, 1.807) is 35.1 Å². The number of rotatable bonds is 9. The number of carbonyl (C=O) groups excluding carboxylic acids is 1. The molecule has 0 atom stereocenters. The van der Waals surface area contributed by atoms with Gasteiger partial charge in [0.25, 0.3) is 5.91 Å². The second kappa shape index (κ2) is 9.63. The molecule has 0 saturated heterocycles. The van der Waals surface area contributed by atoms with Crippen LogP contribution in [0.3, 0.4) is 0 Å². The number of aromatic nitrogens is 4. The van der Waals surface area contributed by atoms with E-state index < -0.39 is 12.5 Å². The number of hydrogen-bond acceptors (Lipinski definition) is 7. The molecule has 11 heteroatoms. The number of hydrogen-bond donors (Lipinski definition) is 3. The van der Waals surface area contributed by atoms with Crippen LogP contribution < -0.4 is 15.5 Å². The fourth-order valence-electron chi connectivity index (χ4n) is 4.23. The van der Waals surface area contributed by atoms with Crippen molar-refractivity contribution in [3.05, 3.63) is 66.0 Å². The SMILES string of the molecule is O=C1NCc2c(-c3cnc4c(F)cccn34)ncc(Nc3ccc(N(CCO)CCCF)cn3)c21. The molecule has 180 valence electrons. The normalized spacial score (nSPS) is 12.6. The molecule has 1 aliphatic heterocycles. The van der Waals surface area contributed by atoms with Crippen molar-refractivity contribution in [3.8, 4) is 11.4 Å². The largest absolute Gasteiger partial charge is 0.395 e. The van der Waals surface area contributed by atoms with Crippen molar-refractivity contribution < 1.29 is 18.7 Å². The van der Waals surface area contributed by atoms with E-state index in [9.17, 15) is 18.7 Å². The zero-order chi connectivity index (χ0) is 24.4. The number of carbonyl (C=O) groups is 1. The van der Waals surface area contributed by atoms with E-state index in [4.69, 9.17) is 0 Å². The van der Waals surface area contributed by atoms with Crippen molar-refractivity contribution >= 4 is 28.7 Å². The fraction of sp³-hybridized carbons (Fsp3) is 0.250. The van der Waals surface area contributed by atoms with E-state index in [0.29, 0.717) is 53.5 Å². The lowest BCUT2D eigenvalue weighted by molar-refractivity contribution is 0.0966. The van der Waals surface area contributed by atoms with E-state index in [1.807, 2.05) is 11.0 Å². The van der Waals surface area contributed by atoms with Crippen LogP contribution in [0, 0.1) is 5.82 Å². The first-order chi connectivity index (χ1) is 17.1. The Bertz CT molecular complexity index is 1370. The van der Waals surface area contributed by atoms with E-state index >= 15 is 0 Å². The van der Waals surface area contributed by atoms with Crippen molar-refractivity contribution in [2.45, 2.75) is 13.0 Å². The quantitative estimate of drug-likeness (QED) is 0.339. The standard InChI is InChI=1S/C24H23F2N7O2/c25-6-2-7-32(9-10-34)15-4-5-20(27-11-15)31-18-13-28-22(16-12-30-24(35)21(16)18)19-14-29-23-17(26)3-1-8-33(19)23/h1,3-5,8,11,13-14,34H,2,6-7,9-10,12H2,(H,27,31)(H,30,35). The molecule has 0 saturated carbocycles. The average Bonchev–Trinajstić information content (AvgIpc) is 3.48. The number of amides is 1. The zero-order valence-corrected chi connectivity index (χ0v) is 18.7. The summed E-state index contributed by atoms with van der Waals surface area (Å²) in [6, 6.07) is 6.49. The average molecular weight is 479 g/mol. The molecule has 0 aromatic carbocycles. The van der Waals surface area contributed by atoms with Crippen LogP contribution in [0.4, 0.5) is 26.0 Å².